The van der Waals surface area contributed by atoms with Crippen LogP contribution in [0.25, 0.3) is 11.0 Å². The molecule has 1 aliphatic rings. The number of fused-ring (bicyclic) bond motifs is 1. The van der Waals surface area contributed by atoms with Crippen LogP contribution in [0.2, 0.25) is 5.02 Å². The van der Waals surface area contributed by atoms with Gasteiger partial charge in [0, 0.05) is 17.1 Å². The highest BCUT2D eigenvalue weighted by molar-refractivity contribution is 7.71. The first-order chi connectivity index (χ1) is 9.02. The molecular formula is C14H18ClN3S. The van der Waals surface area contributed by atoms with Crippen molar-refractivity contribution >= 4 is 34.9 Å². The van der Waals surface area contributed by atoms with Gasteiger partial charge in [0.05, 0.1) is 11.0 Å². The third kappa shape index (κ3) is 2.12. The topological polar surface area (TPSA) is 24.0 Å². The van der Waals surface area contributed by atoms with Crippen LogP contribution in [-0.4, -0.2) is 34.1 Å². The van der Waals surface area contributed by atoms with Crippen molar-refractivity contribution in [2.75, 3.05) is 14.1 Å². The van der Waals surface area contributed by atoms with E-state index in [1.165, 1.54) is 19.3 Å². The molecule has 19 heavy (non-hydrogen) atoms. The first-order valence-corrected chi connectivity index (χ1v) is 7.36. The molecule has 1 aromatic carbocycles. The maximum Gasteiger partial charge on any atom is 0.178 e. The molecule has 1 N–H and O–H groups in total. The molecule has 0 spiro atoms. The minimum absolute atomic E-state index is 0.246. The number of halogens is 1. The van der Waals surface area contributed by atoms with Crippen LogP contribution in [0.5, 0.6) is 0 Å². The summed E-state index contributed by atoms with van der Waals surface area (Å²) in [7, 11) is 4.31. The van der Waals surface area contributed by atoms with Gasteiger partial charge in [0.25, 0.3) is 0 Å². The summed E-state index contributed by atoms with van der Waals surface area (Å²) in [6, 6.07) is 5.88. The Morgan fingerprint density at radius 2 is 2.16 bits per heavy atom. The van der Waals surface area contributed by atoms with E-state index in [0.29, 0.717) is 0 Å². The minimum Gasteiger partial charge on any atom is -0.331 e. The predicted molar refractivity (Wildman–Crippen MR) is 82.4 cm³/mol. The fraction of sp³-hybridized carbons (Fsp3) is 0.500. The zero-order valence-electron chi connectivity index (χ0n) is 11.2. The molecule has 0 aliphatic heterocycles. The number of nitrogens with zero attached hydrogens (tertiary/aromatic N) is 2. The number of imidazole rings is 1. The first-order valence-electron chi connectivity index (χ1n) is 6.57. The predicted octanol–water partition coefficient (Wildman–Crippen LogP) is 3.84. The van der Waals surface area contributed by atoms with Gasteiger partial charge in [0.2, 0.25) is 0 Å². The molecule has 0 amide bonds. The third-order valence-corrected chi connectivity index (χ3v) is 4.98. The molecule has 102 valence electrons. The van der Waals surface area contributed by atoms with Crippen molar-refractivity contribution in [1.82, 2.24) is 14.5 Å². The minimum atomic E-state index is 0.246. The van der Waals surface area contributed by atoms with Crippen LogP contribution in [0.4, 0.5) is 0 Å². The van der Waals surface area contributed by atoms with Crippen LogP contribution in [-0.2, 0) is 6.54 Å². The van der Waals surface area contributed by atoms with E-state index in [4.69, 9.17) is 23.8 Å². The van der Waals surface area contributed by atoms with Crippen molar-refractivity contribution in [3.8, 4) is 0 Å². The Morgan fingerprint density at radius 3 is 2.74 bits per heavy atom. The number of aromatic nitrogens is 2. The number of benzene rings is 1. The van der Waals surface area contributed by atoms with Gasteiger partial charge in [-0.1, -0.05) is 11.6 Å². The number of aromatic amines is 1. The van der Waals surface area contributed by atoms with Crippen molar-refractivity contribution in [3.63, 3.8) is 0 Å². The van der Waals surface area contributed by atoms with Crippen molar-refractivity contribution in [3.05, 3.63) is 28.0 Å². The van der Waals surface area contributed by atoms with Gasteiger partial charge in [-0.3, -0.25) is 0 Å². The Hall–Kier alpha value is -0.840. The lowest BCUT2D eigenvalue weighted by Gasteiger charge is -2.47. The number of nitrogens with one attached hydrogen (secondary N) is 1. The number of likely N-dealkylation sites (N-methyl/N-ethyl adjacent to an activating group) is 1. The van der Waals surface area contributed by atoms with Gasteiger partial charge in [-0.05, 0) is 63.8 Å². The summed E-state index contributed by atoms with van der Waals surface area (Å²) in [5, 5.41) is 0.753. The molecular weight excluding hydrogens is 278 g/mol. The zero-order valence-corrected chi connectivity index (χ0v) is 12.8. The monoisotopic (exact) mass is 295 g/mol. The highest BCUT2D eigenvalue weighted by Gasteiger charge is 2.39. The quantitative estimate of drug-likeness (QED) is 0.870. The Balaban J connectivity index is 2.07. The molecule has 1 fully saturated rings. The van der Waals surface area contributed by atoms with Crippen LogP contribution < -0.4 is 0 Å². The molecule has 1 aromatic heterocycles. The van der Waals surface area contributed by atoms with Gasteiger partial charge in [-0.25, -0.2) is 0 Å². The van der Waals surface area contributed by atoms with E-state index in [-0.39, 0.29) is 5.54 Å². The molecule has 5 heteroatoms. The fourth-order valence-electron chi connectivity index (χ4n) is 2.91. The van der Waals surface area contributed by atoms with Crippen LogP contribution in [0.15, 0.2) is 18.2 Å². The largest absolute Gasteiger partial charge is 0.331 e. The van der Waals surface area contributed by atoms with Crippen molar-refractivity contribution in [2.45, 2.75) is 31.3 Å². The summed E-state index contributed by atoms with van der Waals surface area (Å²) in [4.78, 5) is 5.60. The molecule has 1 saturated carbocycles. The Labute approximate surface area is 123 Å². The second-order valence-corrected chi connectivity index (χ2v) is 6.47. The number of rotatable bonds is 3. The van der Waals surface area contributed by atoms with Crippen LogP contribution >= 0.6 is 23.8 Å². The van der Waals surface area contributed by atoms with E-state index in [1.807, 2.05) is 18.2 Å². The van der Waals surface area contributed by atoms with E-state index in [9.17, 15) is 0 Å². The van der Waals surface area contributed by atoms with Gasteiger partial charge in [0.1, 0.15) is 0 Å². The number of hydrogen-bond donors (Lipinski definition) is 1. The van der Waals surface area contributed by atoms with Crippen LogP contribution in [0.1, 0.15) is 19.3 Å². The molecule has 0 atom stereocenters. The summed E-state index contributed by atoms with van der Waals surface area (Å²) >= 11 is 11.6. The highest BCUT2D eigenvalue weighted by atomic mass is 35.5. The Kier molecular flexibility index (Phi) is 3.20. The van der Waals surface area contributed by atoms with Crippen molar-refractivity contribution in [2.24, 2.45) is 0 Å². The Morgan fingerprint density at radius 1 is 1.42 bits per heavy atom. The summed E-state index contributed by atoms with van der Waals surface area (Å²) in [5.41, 5.74) is 2.41. The lowest BCUT2D eigenvalue weighted by Crippen LogP contribution is -2.53. The third-order valence-electron chi connectivity index (χ3n) is 4.42. The van der Waals surface area contributed by atoms with Gasteiger partial charge in [-0.15, -0.1) is 0 Å². The molecule has 3 nitrogen and oxygen atoms in total. The molecule has 0 unspecified atom stereocenters. The fourth-order valence-corrected chi connectivity index (χ4v) is 3.35. The lowest BCUT2D eigenvalue weighted by molar-refractivity contribution is 0.0431. The van der Waals surface area contributed by atoms with Gasteiger partial charge in [0.15, 0.2) is 4.77 Å². The maximum absolute atomic E-state index is 6.11. The highest BCUT2D eigenvalue weighted by Crippen LogP contribution is 2.38. The average molecular weight is 296 g/mol. The first kappa shape index (κ1) is 13.2. The standard InChI is InChI=1S/C14H18ClN3S/c1-17(2)14(6-3-7-14)9-18-12-8-10(15)4-5-11(12)16-13(18)19/h4-5,8H,3,6-7,9H2,1-2H3,(H,16,19). The van der Waals surface area contributed by atoms with E-state index in [0.717, 1.165) is 27.4 Å². The van der Waals surface area contributed by atoms with Crippen molar-refractivity contribution < 1.29 is 0 Å². The molecule has 1 aliphatic carbocycles. The number of hydrogen-bond acceptors (Lipinski definition) is 2. The van der Waals surface area contributed by atoms with Crippen LogP contribution in [0.3, 0.4) is 0 Å². The van der Waals surface area contributed by atoms with Gasteiger partial charge in [-0.2, -0.15) is 0 Å². The van der Waals surface area contributed by atoms with E-state index in [2.05, 4.69) is 28.5 Å². The van der Waals surface area contributed by atoms with E-state index in [1.54, 1.807) is 0 Å². The molecule has 0 radical (unpaired) electrons. The average Bonchev–Trinajstić information content (AvgIpc) is 2.59. The normalized spacial score (nSPS) is 17.9. The summed E-state index contributed by atoms with van der Waals surface area (Å²) < 4.78 is 2.97. The molecule has 1 heterocycles. The molecule has 0 bridgehead atoms. The Bertz CT molecular complexity index is 667. The van der Waals surface area contributed by atoms with Gasteiger partial charge < -0.3 is 14.5 Å². The molecule has 2 aromatic rings. The van der Waals surface area contributed by atoms with Crippen molar-refractivity contribution in [1.29, 1.82) is 0 Å². The zero-order chi connectivity index (χ0) is 13.6. The van der Waals surface area contributed by atoms with E-state index >= 15 is 0 Å². The summed E-state index contributed by atoms with van der Waals surface area (Å²) in [5.74, 6) is 0. The van der Waals surface area contributed by atoms with E-state index < -0.39 is 0 Å². The second kappa shape index (κ2) is 4.62. The summed E-state index contributed by atoms with van der Waals surface area (Å²) in [6.45, 7) is 0.930. The number of H-pyrrole nitrogens is 1. The smallest absolute Gasteiger partial charge is 0.178 e. The molecule has 0 saturated heterocycles. The second-order valence-electron chi connectivity index (χ2n) is 5.65. The molecule has 3 rings (SSSR count). The van der Waals surface area contributed by atoms with Crippen LogP contribution in [0, 0.1) is 4.77 Å². The SMILES string of the molecule is CN(C)C1(Cn2c(=S)[nH]c3ccc(Cl)cc32)CCC1. The lowest BCUT2D eigenvalue weighted by atomic mass is 9.75. The van der Waals surface area contributed by atoms with Gasteiger partial charge >= 0.3 is 0 Å². The summed E-state index contributed by atoms with van der Waals surface area (Å²) in [6.07, 6.45) is 3.76. The maximum atomic E-state index is 6.11.